The lowest BCUT2D eigenvalue weighted by Gasteiger charge is -2.23. The van der Waals surface area contributed by atoms with Gasteiger partial charge < -0.3 is 20.2 Å². The summed E-state index contributed by atoms with van der Waals surface area (Å²) in [7, 11) is 0. The summed E-state index contributed by atoms with van der Waals surface area (Å²) in [6.07, 6.45) is 3.09. The van der Waals surface area contributed by atoms with E-state index in [1.165, 1.54) is 12.1 Å². The number of hydrogen-bond acceptors (Lipinski definition) is 3. The number of anilines is 2. The molecule has 5 heteroatoms. The molecule has 0 spiro atoms. The SMILES string of the molecule is C[C@H]1CCN(c2ccc(NC(=O)N3CCC[C@@H]3CO)cc2)C1. The molecule has 2 saturated heterocycles. The maximum Gasteiger partial charge on any atom is 0.322 e. The van der Waals surface area contributed by atoms with Crippen molar-refractivity contribution in [3.05, 3.63) is 24.3 Å². The summed E-state index contributed by atoms with van der Waals surface area (Å²) in [5.41, 5.74) is 2.03. The van der Waals surface area contributed by atoms with Crippen LogP contribution >= 0.6 is 0 Å². The lowest BCUT2D eigenvalue weighted by atomic mass is 10.2. The van der Waals surface area contributed by atoms with Crippen LogP contribution in [0.1, 0.15) is 26.2 Å². The molecule has 1 aromatic carbocycles. The molecule has 120 valence electrons. The fraction of sp³-hybridized carbons (Fsp3) is 0.588. The number of benzene rings is 1. The number of nitrogens with zero attached hydrogens (tertiary/aromatic N) is 2. The van der Waals surface area contributed by atoms with Crippen LogP contribution in [0.2, 0.25) is 0 Å². The van der Waals surface area contributed by atoms with Crippen LogP contribution in [0.3, 0.4) is 0 Å². The van der Waals surface area contributed by atoms with Crippen molar-refractivity contribution in [1.29, 1.82) is 0 Å². The van der Waals surface area contributed by atoms with Crippen molar-refractivity contribution in [2.45, 2.75) is 32.2 Å². The molecule has 22 heavy (non-hydrogen) atoms. The number of aliphatic hydroxyl groups is 1. The average Bonchev–Trinajstić information content (AvgIpc) is 3.16. The number of carbonyl (C=O) groups excluding carboxylic acids is 1. The van der Waals surface area contributed by atoms with Gasteiger partial charge in [-0.15, -0.1) is 0 Å². The van der Waals surface area contributed by atoms with Gasteiger partial charge in [0.2, 0.25) is 0 Å². The van der Waals surface area contributed by atoms with E-state index in [1.54, 1.807) is 4.90 Å². The maximum absolute atomic E-state index is 12.3. The number of aliphatic hydroxyl groups excluding tert-OH is 1. The zero-order valence-electron chi connectivity index (χ0n) is 13.2. The molecule has 0 bridgehead atoms. The Hall–Kier alpha value is -1.75. The van der Waals surface area contributed by atoms with Crippen LogP contribution < -0.4 is 10.2 Å². The molecule has 2 aliphatic rings. The third kappa shape index (κ3) is 3.19. The zero-order chi connectivity index (χ0) is 15.5. The van der Waals surface area contributed by atoms with Crippen molar-refractivity contribution in [2.24, 2.45) is 5.92 Å². The highest BCUT2D eigenvalue weighted by Gasteiger charge is 2.28. The van der Waals surface area contributed by atoms with Gasteiger partial charge in [0, 0.05) is 31.0 Å². The molecule has 0 saturated carbocycles. The van der Waals surface area contributed by atoms with E-state index in [-0.39, 0.29) is 18.7 Å². The van der Waals surface area contributed by atoms with Gasteiger partial charge in [-0.05, 0) is 49.4 Å². The molecule has 0 unspecified atom stereocenters. The lowest BCUT2D eigenvalue weighted by molar-refractivity contribution is 0.166. The summed E-state index contributed by atoms with van der Waals surface area (Å²) in [6, 6.07) is 7.91. The first kappa shape index (κ1) is 15.2. The summed E-state index contributed by atoms with van der Waals surface area (Å²) in [4.78, 5) is 16.4. The number of likely N-dealkylation sites (tertiary alicyclic amines) is 1. The highest BCUT2D eigenvalue weighted by Crippen LogP contribution is 2.25. The molecule has 2 fully saturated rings. The third-order valence-corrected chi connectivity index (χ3v) is 4.76. The van der Waals surface area contributed by atoms with E-state index >= 15 is 0 Å². The molecule has 5 nitrogen and oxygen atoms in total. The predicted molar refractivity (Wildman–Crippen MR) is 88.3 cm³/mol. The molecule has 3 rings (SSSR count). The van der Waals surface area contributed by atoms with Crippen molar-refractivity contribution < 1.29 is 9.90 Å². The predicted octanol–water partition coefficient (Wildman–Crippen LogP) is 2.52. The number of nitrogens with one attached hydrogen (secondary N) is 1. The fourth-order valence-electron chi connectivity index (χ4n) is 3.41. The van der Waals surface area contributed by atoms with E-state index in [2.05, 4.69) is 29.3 Å². The molecule has 2 amide bonds. The summed E-state index contributed by atoms with van der Waals surface area (Å²) in [5, 5.41) is 12.2. The van der Waals surface area contributed by atoms with E-state index in [4.69, 9.17) is 0 Å². The van der Waals surface area contributed by atoms with Gasteiger partial charge in [0.15, 0.2) is 0 Å². The number of rotatable bonds is 3. The summed E-state index contributed by atoms with van der Waals surface area (Å²) < 4.78 is 0. The second-order valence-electron chi connectivity index (χ2n) is 6.49. The Morgan fingerprint density at radius 1 is 1.27 bits per heavy atom. The Morgan fingerprint density at radius 2 is 2.05 bits per heavy atom. The summed E-state index contributed by atoms with van der Waals surface area (Å²) in [5.74, 6) is 0.755. The first-order valence-corrected chi connectivity index (χ1v) is 8.21. The highest BCUT2D eigenvalue weighted by atomic mass is 16.3. The van der Waals surface area contributed by atoms with Gasteiger partial charge >= 0.3 is 6.03 Å². The quantitative estimate of drug-likeness (QED) is 0.902. The monoisotopic (exact) mass is 303 g/mol. The van der Waals surface area contributed by atoms with Crippen molar-refractivity contribution >= 4 is 17.4 Å². The minimum Gasteiger partial charge on any atom is -0.394 e. The molecule has 0 aromatic heterocycles. The van der Waals surface area contributed by atoms with Crippen LogP contribution in [0.15, 0.2) is 24.3 Å². The molecule has 2 N–H and O–H groups in total. The van der Waals surface area contributed by atoms with Gasteiger partial charge in [0.25, 0.3) is 0 Å². The Morgan fingerprint density at radius 3 is 2.68 bits per heavy atom. The number of amides is 2. The third-order valence-electron chi connectivity index (χ3n) is 4.76. The van der Waals surface area contributed by atoms with Gasteiger partial charge in [0.1, 0.15) is 0 Å². The second-order valence-corrected chi connectivity index (χ2v) is 6.49. The summed E-state index contributed by atoms with van der Waals surface area (Å²) >= 11 is 0. The fourth-order valence-corrected chi connectivity index (χ4v) is 3.41. The van der Waals surface area contributed by atoms with Crippen molar-refractivity contribution in [2.75, 3.05) is 36.5 Å². The lowest BCUT2D eigenvalue weighted by Crippen LogP contribution is -2.40. The number of urea groups is 1. The normalized spacial score (nSPS) is 24.8. The molecule has 2 aliphatic heterocycles. The maximum atomic E-state index is 12.3. The van der Waals surface area contributed by atoms with Crippen LogP contribution in [0.25, 0.3) is 0 Å². The zero-order valence-corrected chi connectivity index (χ0v) is 13.2. The van der Waals surface area contributed by atoms with Crippen LogP contribution in [0, 0.1) is 5.92 Å². The van der Waals surface area contributed by atoms with Gasteiger partial charge in [-0.1, -0.05) is 6.92 Å². The minimum absolute atomic E-state index is 0.0367. The Kier molecular flexibility index (Phi) is 4.52. The van der Waals surface area contributed by atoms with Crippen LogP contribution in [-0.4, -0.2) is 48.3 Å². The molecule has 1 aromatic rings. The summed E-state index contributed by atoms with van der Waals surface area (Å²) in [6.45, 7) is 5.26. The second kappa shape index (κ2) is 6.57. The number of hydrogen-bond donors (Lipinski definition) is 2. The highest BCUT2D eigenvalue weighted by molar-refractivity contribution is 5.90. The molecule has 2 atom stereocenters. The molecule has 0 aliphatic carbocycles. The Balaban J connectivity index is 1.60. The van der Waals surface area contributed by atoms with Gasteiger partial charge in [0.05, 0.1) is 12.6 Å². The van der Waals surface area contributed by atoms with E-state index in [9.17, 15) is 9.90 Å². The first-order chi connectivity index (χ1) is 10.7. The van der Waals surface area contributed by atoms with Crippen LogP contribution in [0.4, 0.5) is 16.2 Å². The van der Waals surface area contributed by atoms with Crippen molar-refractivity contribution in [3.8, 4) is 0 Å². The van der Waals surface area contributed by atoms with E-state index in [0.29, 0.717) is 0 Å². The van der Waals surface area contributed by atoms with E-state index in [0.717, 1.165) is 44.1 Å². The Labute approximate surface area is 131 Å². The molecule has 2 heterocycles. The van der Waals surface area contributed by atoms with Crippen LogP contribution in [0.5, 0.6) is 0 Å². The first-order valence-electron chi connectivity index (χ1n) is 8.21. The van der Waals surface area contributed by atoms with E-state index < -0.39 is 0 Å². The largest absolute Gasteiger partial charge is 0.394 e. The van der Waals surface area contributed by atoms with E-state index in [1.807, 2.05) is 12.1 Å². The van der Waals surface area contributed by atoms with Gasteiger partial charge in [-0.25, -0.2) is 4.79 Å². The molecular weight excluding hydrogens is 278 g/mol. The van der Waals surface area contributed by atoms with Crippen molar-refractivity contribution in [1.82, 2.24) is 4.90 Å². The minimum atomic E-state index is -0.112. The topological polar surface area (TPSA) is 55.8 Å². The Bertz CT molecular complexity index is 517. The molecule has 0 radical (unpaired) electrons. The van der Waals surface area contributed by atoms with Gasteiger partial charge in [-0.3, -0.25) is 0 Å². The smallest absolute Gasteiger partial charge is 0.322 e. The average molecular weight is 303 g/mol. The van der Waals surface area contributed by atoms with Crippen molar-refractivity contribution in [3.63, 3.8) is 0 Å². The molecular formula is C17H25N3O2. The van der Waals surface area contributed by atoms with Gasteiger partial charge in [-0.2, -0.15) is 0 Å². The number of carbonyl (C=O) groups is 1. The standard InChI is InChI=1S/C17H25N3O2/c1-13-8-10-19(11-13)15-6-4-14(5-7-15)18-17(22)20-9-2-3-16(20)12-21/h4-7,13,16,21H,2-3,8-12H2,1H3,(H,18,22)/t13-,16+/m0/s1. The van der Waals surface area contributed by atoms with Crippen LogP contribution in [-0.2, 0) is 0 Å².